The van der Waals surface area contributed by atoms with E-state index in [0.717, 1.165) is 5.69 Å². The molecule has 1 aromatic heterocycles. The van der Waals surface area contributed by atoms with Gasteiger partial charge in [-0.1, -0.05) is 0 Å². The Hall–Kier alpha value is -2.05. The van der Waals surface area contributed by atoms with Crippen LogP contribution in [0.1, 0.15) is 12.1 Å². The van der Waals surface area contributed by atoms with Crippen molar-refractivity contribution in [2.45, 2.75) is 12.8 Å². The van der Waals surface area contributed by atoms with E-state index in [1.807, 2.05) is 13.1 Å². The summed E-state index contributed by atoms with van der Waals surface area (Å²) in [4.78, 5) is 23.3. The van der Waals surface area contributed by atoms with Gasteiger partial charge in [0.1, 0.15) is 0 Å². The van der Waals surface area contributed by atoms with Crippen LogP contribution in [-0.2, 0) is 18.3 Å². The van der Waals surface area contributed by atoms with Crippen molar-refractivity contribution in [3.05, 3.63) is 18.0 Å². The smallest absolute Gasteiger partial charge is 0.317 e. The number of carboxylic acids is 1. The second kappa shape index (κ2) is 6.63. The van der Waals surface area contributed by atoms with Crippen molar-refractivity contribution in [1.82, 2.24) is 20.0 Å². The second-order valence-electron chi connectivity index (χ2n) is 3.99. The first-order valence-electron chi connectivity index (χ1n) is 5.68. The Bertz CT molecular complexity index is 416. The normalized spacial score (nSPS) is 10.1. The van der Waals surface area contributed by atoms with Gasteiger partial charge in [0, 0.05) is 45.5 Å². The average molecular weight is 254 g/mol. The maximum Gasteiger partial charge on any atom is 0.317 e. The molecule has 0 aliphatic heterocycles. The van der Waals surface area contributed by atoms with Crippen LogP contribution in [0.25, 0.3) is 0 Å². The third kappa shape index (κ3) is 4.44. The fourth-order valence-corrected chi connectivity index (χ4v) is 1.44. The lowest BCUT2D eigenvalue weighted by molar-refractivity contribution is -0.137. The topological polar surface area (TPSA) is 87.5 Å². The van der Waals surface area contributed by atoms with E-state index in [2.05, 4.69) is 10.4 Å². The van der Waals surface area contributed by atoms with Gasteiger partial charge in [0.25, 0.3) is 0 Å². The fourth-order valence-electron chi connectivity index (χ4n) is 1.44. The Kier molecular flexibility index (Phi) is 5.16. The van der Waals surface area contributed by atoms with Gasteiger partial charge < -0.3 is 15.3 Å². The maximum atomic E-state index is 11.6. The summed E-state index contributed by atoms with van der Waals surface area (Å²) in [6.07, 6.45) is 2.34. The number of aryl methyl sites for hydroxylation is 1. The predicted octanol–water partition coefficient (Wildman–Crippen LogP) is 0.0787. The molecule has 0 atom stereocenters. The lowest BCUT2D eigenvalue weighted by atomic mass is 10.3. The SMILES string of the molecule is CN(CCC(=O)O)C(=O)NCCc1ccnn1C. The summed E-state index contributed by atoms with van der Waals surface area (Å²) in [6, 6.07) is 1.62. The van der Waals surface area contributed by atoms with Crippen LogP contribution in [0.5, 0.6) is 0 Å². The number of aromatic nitrogens is 2. The van der Waals surface area contributed by atoms with Crippen molar-refractivity contribution >= 4 is 12.0 Å². The summed E-state index contributed by atoms with van der Waals surface area (Å²) in [6.45, 7) is 0.697. The third-order valence-corrected chi connectivity index (χ3v) is 2.59. The summed E-state index contributed by atoms with van der Waals surface area (Å²) in [5, 5.41) is 15.3. The summed E-state index contributed by atoms with van der Waals surface area (Å²) >= 11 is 0. The molecule has 0 saturated carbocycles. The van der Waals surface area contributed by atoms with E-state index < -0.39 is 5.97 Å². The molecule has 0 saturated heterocycles. The highest BCUT2D eigenvalue weighted by atomic mass is 16.4. The molecule has 18 heavy (non-hydrogen) atoms. The van der Waals surface area contributed by atoms with Crippen LogP contribution < -0.4 is 5.32 Å². The van der Waals surface area contributed by atoms with Gasteiger partial charge in [0.2, 0.25) is 0 Å². The molecule has 0 aliphatic rings. The largest absolute Gasteiger partial charge is 0.481 e. The lowest BCUT2D eigenvalue weighted by Crippen LogP contribution is -2.39. The number of hydrogen-bond donors (Lipinski definition) is 2. The van der Waals surface area contributed by atoms with E-state index in [4.69, 9.17) is 5.11 Å². The minimum Gasteiger partial charge on any atom is -0.481 e. The minimum atomic E-state index is -0.912. The quantitative estimate of drug-likeness (QED) is 0.752. The highest BCUT2D eigenvalue weighted by molar-refractivity contribution is 5.74. The Balaban J connectivity index is 2.24. The first kappa shape index (κ1) is 14.0. The van der Waals surface area contributed by atoms with Gasteiger partial charge in [-0.25, -0.2) is 4.79 Å². The number of nitrogens with zero attached hydrogens (tertiary/aromatic N) is 3. The van der Waals surface area contributed by atoms with Crippen LogP contribution in [0.3, 0.4) is 0 Å². The maximum absolute atomic E-state index is 11.6. The zero-order valence-electron chi connectivity index (χ0n) is 10.6. The van der Waals surface area contributed by atoms with Crippen LogP contribution in [0, 0.1) is 0 Å². The molecule has 0 unspecified atom stereocenters. The van der Waals surface area contributed by atoms with Crippen LogP contribution in [0.4, 0.5) is 4.79 Å². The van der Waals surface area contributed by atoms with Crippen molar-refractivity contribution in [1.29, 1.82) is 0 Å². The molecule has 0 aromatic carbocycles. The van der Waals surface area contributed by atoms with Crippen molar-refractivity contribution in [3.8, 4) is 0 Å². The Morgan fingerprint density at radius 1 is 1.56 bits per heavy atom. The molecule has 0 bridgehead atoms. The number of aliphatic carboxylic acids is 1. The number of carbonyl (C=O) groups excluding carboxylic acids is 1. The Morgan fingerprint density at radius 3 is 2.83 bits per heavy atom. The minimum absolute atomic E-state index is 0.0499. The molecule has 0 spiro atoms. The van der Waals surface area contributed by atoms with E-state index in [-0.39, 0.29) is 19.0 Å². The summed E-state index contributed by atoms with van der Waals surface area (Å²) in [5.41, 5.74) is 1.03. The number of carbonyl (C=O) groups is 2. The van der Waals surface area contributed by atoms with Crippen LogP contribution in [0.15, 0.2) is 12.3 Å². The van der Waals surface area contributed by atoms with E-state index in [1.54, 1.807) is 17.9 Å². The number of carboxylic acid groups (broad SMARTS) is 1. The molecule has 1 rings (SSSR count). The summed E-state index contributed by atoms with van der Waals surface area (Å²) in [7, 11) is 3.42. The molecule has 7 nitrogen and oxygen atoms in total. The average Bonchev–Trinajstić information content (AvgIpc) is 2.72. The zero-order chi connectivity index (χ0) is 13.5. The molecule has 0 fully saturated rings. The van der Waals surface area contributed by atoms with Crippen molar-refractivity contribution in [3.63, 3.8) is 0 Å². The van der Waals surface area contributed by atoms with Gasteiger partial charge >= 0.3 is 12.0 Å². The van der Waals surface area contributed by atoms with Crippen LogP contribution in [0.2, 0.25) is 0 Å². The number of hydrogen-bond acceptors (Lipinski definition) is 3. The molecular formula is C11H18N4O3. The molecule has 1 aromatic rings. The first-order chi connectivity index (χ1) is 8.50. The van der Waals surface area contributed by atoms with E-state index in [9.17, 15) is 9.59 Å². The molecule has 100 valence electrons. The van der Waals surface area contributed by atoms with E-state index in [1.165, 1.54) is 4.90 Å². The Morgan fingerprint density at radius 2 is 2.28 bits per heavy atom. The van der Waals surface area contributed by atoms with Gasteiger partial charge in [0.15, 0.2) is 0 Å². The monoisotopic (exact) mass is 254 g/mol. The lowest BCUT2D eigenvalue weighted by Gasteiger charge is -2.16. The Labute approximate surface area is 105 Å². The van der Waals surface area contributed by atoms with Crippen molar-refractivity contribution < 1.29 is 14.7 Å². The zero-order valence-corrected chi connectivity index (χ0v) is 10.6. The summed E-state index contributed by atoms with van der Waals surface area (Å²) in [5.74, 6) is -0.912. The fraction of sp³-hybridized carbons (Fsp3) is 0.545. The van der Waals surface area contributed by atoms with E-state index in [0.29, 0.717) is 13.0 Å². The first-order valence-corrected chi connectivity index (χ1v) is 5.68. The number of amides is 2. The van der Waals surface area contributed by atoms with Gasteiger partial charge in [-0.2, -0.15) is 5.10 Å². The summed E-state index contributed by atoms with van der Waals surface area (Å²) < 4.78 is 1.75. The second-order valence-corrected chi connectivity index (χ2v) is 3.99. The van der Waals surface area contributed by atoms with Crippen LogP contribution >= 0.6 is 0 Å². The standard InChI is InChI=1S/C11H18N4O3/c1-14(8-5-10(16)17)11(18)12-6-3-9-4-7-13-15(9)2/h4,7H,3,5-6,8H2,1-2H3,(H,12,18)(H,16,17). The molecule has 2 N–H and O–H groups in total. The molecular weight excluding hydrogens is 236 g/mol. The highest BCUT2D eigenvalue weighted by Gasteiger charge is 2.09. The molecule has 1 heterocycles. The van der Waals surface area contributed by atoms with E-state index >= 15 is 0 Å². The number of urea groups is 1. The number of rotatable bonds is 6. The van der Waals surface area contributed by atoms with Gasteiger partial charge in [-0.15, -0.1) is 0 Å². The molecule has 7 heteroatoms. The van der Waals surface area contributed by atoms with Crippen molar-refractivity contribution in [2.24, 2.45) is 7.05 Å². The molecule has 0 radical (unpaired) electrons. The van der Waals surface area contributed by atoms with Gasteiger partial charge in [-0.3, -0.25) is 9.48 Å². The number of nitrogens with one attached hydrogen (secondary N) is 1. The highest BCUT2D eigenvalue weighted by Crippen LogP contribution is 1.96. The van der Waals surface area contributed by atoms with Crippen molar-refractivity contribution in [2.75, 3.05) is 20.1 Å². The molecule has 2 amide bonds. The van der Waals surface area contributed by atoms with Crippen LogP contribution in [-0.4, -0.2) is 51.9 Å². The molecule has 0 aliphatic carbocycles. The van der Waals surface area contributed by atoms with Gasteiger partial charge in [0.05, 0.1) is 6.42 Å². The predicted molar refractivity (Wildman–Crippen MR) is 65.2 cm³/mol. The van der Waals surface area contributed by atoms with Gasteiger partial charge in [-0.05, 0) is 6.07 Å². The third-order valence-electron chi connectivity index (χ3n) is 2.59.